The summed E-state index contributed by atoms with van der Waals surface area (Å²) in [5.74, 6) is -1.34. The Morgan fingerprint density at radius 3 is 2.53 bits per heavy atom. The van der Waals surface area contributed by atoms with Gasteiger partial charge in [0.1, 0.15) is 0 Å². The van der Waals surface area contributed by atoms with Gasteiger partial charge in [0.05, 0.1) is 11.5 Å². The molecular formula is C15H23NO3. The molecule has 0 fully saturated rings. The average Bonchev–Trinajstić information content (AvgIpc) is 2.35. The van der Waals surface area contributed by atoms with Crippen LogP contribution in [0, 0.1) is 0 Å². The van der Waals surface area contributed by atoms with Crippen molar-refractivity contribution in [3.05, 3.63) is 35.9 Å². The normalized spacial score (nSPS) is 13.2. The molecule has 0 spiro atoms. The highest BCUT2D eigenvalue weighted by Crippen LogP contribution is 2.15. The van der Waals surface area contributed by atoms with Gasteiger partial charge in [-0.25, -0.2) is 0 Å². The van der Waals surface area contributed by atoms with E-state index in [-0.39, 0.29) is 5.60 Å². The maximum absolute atomic E-state index is 11.3. The van der Waals surface area contributed by atoms with Crippen LogP contribution < -0.4 is 5.32 Å². The second-order valence-corrected chi connectivity index (χ2v) is 5.13. The van der Waals surface area contributed by atoms with E-state index in [4.69, 9.17) is 4.74 Å². The van der Waals surface area contributed by atoms with Crippen LogP contribution in [0.2, 0.25) is 0 Å². The van der Waals surface area contributed by atoms with Crippen molar-refractivity contribution in [3.63, 3.8) is 0 Å². The first kappa shape index (κ1) is 15.7. The molecule has 4 heteroatoms. The lowest BCUT2D eigenvalue weighted by Gasteiger charge is -2.26. The summed E-state index contributed by atoms with van der Waals surface area (Å²) >= 11 is 0. The lowest BCUT2D eigenvalue weighted by Crippen LogP contribution is -2.40. The van der Waals surface area contributed by atoms with Crippen molar-refractivity contribution >= 4 is 5.97 Å². The zero-order chi connectivity index (χ0) is 14.3. The third-order valence-electron chi connectivity index (χ3n) is 2.93. The van der Waals surface area contributed by atoms with Crippen LogP contribution in [0.25, 0.3) is 0 Å². The molecule has 0 saturated heterocycles. The van der Waals surface area contributed by atoms with Gasteiger partial charge < -0.3 is 15.2 Å². The van der Waals surface area contributed by atoms with E-state index < -0.39 is 11.9 Å². The van der Waals surface area contributed by atoms with Gasteiger partial charge in [0.25, 0.3) is 0 Å². The highest BCUT2D eigenvalue weighted by Gasteiger charge is 2.22. The van der Waals surface area contributed by atoms with Gasteiger partial charge >= 0.3 is 5.97 Å². The zero-order valence-corrected chi connectivity index (χ0v) is 11.8. The second kappa shape index (κ2) is 7.26. The van der Waals surface area contributed by atoms with Crippen molar-refractivity contribution in [2.24, 2.45) is 0 Å². The minimum absolute atomic E-state index is 0.283. The van der Waals surface area contributed by atoms with Gasteiger partial charge in [0, 0.05) is 19.7 Å². The molecule has 0 radical (unpaired) electrons. The molecule has 19 heavy (non-hydrogen) atoms. The van der Waals surface area contributed by atoms with E-state index in [1.165, 1.54) is 0 Å². The number of aliphatic carboxylic acids is 1. The van der Waals surface area contributed by atoms with Crippen LogP contribution >= 0.6 is 0 Å². The number of carboxylic acid groups (broad SMARTS) is 1. The smallest absolute Gasteiger partial charge is 0.312 e. The van der Waals surface area contributed by atoms with Gasteiger partial charge in [0.2, 0.25) is 0 Å². The summed E-state index contributed by atoms with van der Waals surface area (Å²) in [6, 6.07) is 9.28. The molecule has 1 unspecified atom stereocenters. The Balaban J connectivity index is 2.55. The summed E-state index contributed by atoms with van der Waals surface area (Å²) in [5, 5.41) is 12.5. The maximum atomic E-state index is 11.3. The van der Waals surface area contributed by atoms with Crippen LogP contribution in [0.15, 0.2) is 30.3 Å². The van der Waals surface area contributed by atoms with Crippen molar-refractivity contribution in [2.45, 2.75) is 32.3 Å². The molecule has 0 heterocycles. The zero-order valence-electron chi connectivity index (χ0n) is 11.8. The Morgan fingerprint density at radius 2 is 2.00 bits per heavy atom. The van der Waals surface area contributed by atoms with Gasteiger partial charge in [-0.3, -0.25) is 4.79 Å². The van der Waals surface area contributed by atoms with Gasteiger partial charge in [-0.2, -0.15) is 0 Å². The Kier molecular flexibility index (Phi) is 5.99. The highest BCUT2D eigenvalue weighted by molar-refractivity contribution is 5.76. The van der Waals surface area contributed by atoms with E-state index in [0.717, 1.165) is 5.56 Å². The first-order valence-corrected chi connectivity index (χ1v) is 6.58. The van der Waals surface area contributed by atoms with Gasteiger partial charge in [-0.05, 0) is 26.3 Å². The number of rotatable bonds is 8. The van der Waals surface area contributed by atoms with Crippen molar-refractivity contribution in [1.82, 2.24) is 5.32 Å². The Hall–Kier alpha value is -1.39. The van der Waals surface area contributed by atoms with Crippen molar-refractivity contribution in [1.29, 1.82) is 0 Å². The molecule has 1 aromatic carbocycles. The number of benzene rings is 1. The molecule has 0 aromatic heterocycles. The lowest BCUT2D eigenvalue weighted by atomic mass is 9.99. The fourth-order valence-electron chi connectivity index (χ4n) is 1.99. The summed E-state index contributed by atoms with van der Waals surface area (Å²) in [6.45, 7) is 7.60. The second-order valence-electron chi connectivity index (χ2n) is 5.13. The first-order valence-electron chi connectivity index (χ1n) is 6.58. The van der Waals surface area contributed by atoms with E-state index in [2.05, 4.69) is 5.32 Å². The molecule has 0 aliphatic heterocycles. The van der Waals surface area contributed by atoms with Crippen LogP contribution in [0.4, 0.5) is 0 Å². The average molecular weight is 265 g/mol. The Bertz CT molecular complexity index is 390. The Labute approximate surface area is 114 Å². The standard InChI is InChI=1S/C15H23NO3/c1-4-19-15(2,3)11-16-10-13(14(17)18)12-8-6-5-7-9-12/h5-9,13,16H,4,10-11H2,1-3H3,(H,17,18). The predicted molar refractivity (Wildman–Crippen MR) is 75.4 cm³/mol. The quantitative estimate of drug-likeness (QED) is 0.757. The summed E-state index contributed by atoms with van der Waals surface area (Å²) in [4.78, 5) is 11.3. The van der Waals surface area contributed by atoms with Crippen LogP contribution in [-0.2, 0) is 9.53 Å². The minimum atomic E-state index is -0.812. The molecular weight excluding hydrogens is 242 g/mol. The van der Waals surface area contributed by atoms with Crippen molar-refractivity contribution in [2.75, 3.05) is 19.7 Å². The third-order valence-corrected chi connectivity index (χ3v) is 2.93. The molecule has 2 N–H and O–H groups in total. The fraction of sp³-hybridized carbons (Fsp3) is 0.533. The number of ether oxygens (including phenoxy) is 1. The molecule has 0 amide bonds. The molecule has 1 rings (SSSR count). The summed E-state index contributed by atoms with van der Waals surface area (Å²) < 4.78 is 5.57. The monoisotopic (exact) mass is 265 g/mol. The van der Waals surface area contributed by atoms with Crippen LogP contribution in [0.3, 0.4) is 0 Å². The number of hydrogen-bond acceptors (Lipinski definition) is 3. The largest absolute Gasteiger partial charge is 0.481 e. The highest BCUT2D eigenvalue weighted by atomic mass is 16.5. The molecule has 0 saturated carbocycles. The fourth-order valence-corrected chi connectivity index (χ4v) is 1.99. The number of nitrogens with one attached hydrogen (secondary N) is 1. The van der Waals surface area contributed by atoms with Crippen LogP contribution in [-0.4, -0.2) is 36.4 Å². The van der Waals surface area contributed by atoms with E-state index >= 15 is 0 Å². The minimum Gasteiger partial charge on any atom is -0.481 e. The van der Waals surface area contributed by atoms with Crippen molar-refractivity contribution < 1.29 is 14.6 Å². The SMILES string of the molecule is CCOC(C)(C)CNCC(C(=O)O)c1ccccc1. The molecule has 1 aromatic rings. The molecule has 0 bridgehead atoms. The topological polar surface area (TPSA) is 58.6 Å². The van der Waals surface area contributed by atoms with Gasteiger partial charge in [0.15, 0.2) is 0 Å². The summed E-state index contributed by atoms with van der Waals surface area (Å²) in [7, 11) is 0. The molecule has 0 aliphatic carbocycles. The lowest BCUT2D eigenvalue weighted by molar-refractivity contribution is -0.138. The maximum Gasteiger partial charge on any atom is 0.312 e. The molecule has 1 atom stereocenters. The van der Waals surface area contributed by atoms with Gasteiger partial charge in [-0.1, -0.05) is 30.3 Å². The molecule has 106 valence electrons. The summed E-state index contributed by atoms with van der Waals surface area (Å²) in [5.41, 5.74) is 0.533. The number of carboxylic acids is 1. The van der Waals surface area contributed by atoms with Crippen molar-refractivity contribution in [3.8, 4) is 0 Å². The number of carbonyl (C=O) groups is 1. The molecule has 0 aliphatic rings. The van der Waals surface area contributed by atoms with E-state index in [9.17, 15) is 9.90 Å². The molecule has 4 nitrogen and oxygen atoms in total. The Morgan fingerprint density at radius 1 is 1.37 bits per heavy atom. The van der Waals surface area contributed by atoms with E-state index in [1.54, 1.807) is 0 Å². The van der Waals surface area contributed by atoms with Gasteiger partial charge in [-0.15, -0.1) is 0 Å². The van der Waals surface area contributed by atoms with Crippen LogP contribution in [0.1, 0.15) is 32.3 Å². The predicted octanol–water partition coefficient (Wildman–Crippen LogP) is 2.26. The first-order chi connectivity index (χ1) is 8.96. The van der Waals surface area contributed by atoms with Crippen LogP contribution in [0.5, 0.6) is 0 Å². The third kappa shape index (κ3) is 5.41. The van der Waals surface area contributed by atoms with E-state index in [0.29, 0.717) is 19.7 Å². The number of hydrogen-bond donors (Lipinski definition) is 2. The van der Waals surface area contributed by atoms with E-state index in [1.807, 2.05) is 51.1 Å². The summed E-state index contributed by atoms with van der Waals surface area (Å²) in [6.07, 6.45) is 0.